The molecule has 1 aromatic carbocycles. The molecule has 0 unspecified atom stereocenters. The molecule has 0 saturated heterocycles. The molecule has 28 heavy (non-hydrogen) atoms. The number of carboxylic acids is 1. The number of carboxylic acid groups (broad SMARTS) is 1. The summed E-state index contributed by atoms with van der Waals surface area (Å²) >= 11 is 0. The number of nitrogens with one attached hydrogen (secondary N) is 1. The van der Waals surface area contributed by atoms with Crippen molar-refractivity contribution in [3.63, 3.8) is 0 Å². The van der Waals surface area contributed by atoms with E-state index >= 15 is 0 Å². The van der Waals surface area contributed by atoms with Gasteiger partial charge in [0.15, 0.2) is 0 Å². The molecular weight excluding hydrogens is 356 g/mol. The summed E-state index contributed by atoms with van der Waals surface area (Å²) in [6, 6.07) is 6.46. The Hall–Kier alpha value is -2.67. The lowest BCUT2D eigenvalue weighted by Gasteiger charge is -2.42. The van der Waals surface area contributed by atoms with Crippen LogP contribution in [0.25, 0.3) is 5.69 Å². The molecule has 1 saturated carbocycles. The highest BCUT2D eigenvalue weighted by atomic mass is 16.4. The first-order chi connectivity index (χ1) is 13.3. The molecule has 0 spiro atoms. The van der Waals surface area contributed by atoms with Crippen LogP contribution in [0.15, 0.2) is 24.4 Å². The maximum atomic E-state index is 12.7. The van der Waals surface area contributed by atoms with Crippen LogP contribution < -0.4 is 5.32 Å². The van der Waals surface area contributed by atoms with Crippen LogP contribution in [-0.2, 0) is 4.79 Å². The summed E-state index contributed by atoms with van der Waals surface area (Å²) in [5.74, 6) is -0.942. The van der Waals surface area contributed by atoms with E-state index in [9.17, 15) is 9.59 Å². The molecule has 7 heteroatoms. The first-order valence-electron chi connectivity index (χ1n) is 9.69. The van der Waals surface area contributed by atoms with Crippen LogP contribution >= 0.6 is 0 Å². The van der Waals surface area contributed by atoms with Crippen LogP contribution in [-0.4, -0.2) is 56.8 Å². The van der Waals surface area contributed by atoms with Gasteiger partial charge in [-0.1, -0.05) is 19.1 Å². The van der Waals surface area contributed by atoms with Crippen molar-refractivity contribution in [3.8, 4) is 5.69 Å². The second kappa shape index (κ2) is 8.14. The summed E-state index contributed by atoms with van der Waals surface area (Å²) in [6.45, 7) is 8.66. The standard InChI is InChI=1S/C21H28N4O3/c1-5-24(12-20(26)27)17-9-16(10-17)23-21(28)18-11-22-25(15(18)4)19-8-13(2)6-7-14(19)3/h6-8,11,16-17H,5,9-10,12H2,1-4H3,(H,23,28)(H,26,27). The van der Waals surface area contributed by atoms with E-state index in [2.05, 4.69) is 28.6 Å². The van der Waals surface area contributed by atoms with Gasteiger partial charge in [0.25, 0.3) is 5.91 Å². The summed E-state index contributed by atoms with van der Waals surface area (Å²) in [6.07, 6.45) is 3.17. The first kappa shape index (κ1) is 20.1. The van der Waals surface area contributed by atoms with Crippen molar-refractivity contribution >= 4 is 11.9 Å². The van der Waals surface area contributed by atoms with Crippen LogP contribution in [0.1, 0.15) is 46.9 Å². The number of hydrogen-bond donors (Lipinski definition) is 2. The molecule has 2 aromatic rings. The molecule has 2 N–H and O–H groups in total. The molecule has 0 radical (unpaired) electrons. The van der Waals surface area contributed by atoms with Gasteiger partial charge in [0.05, 0.1) is 29.7 Å². The summed E-state index contributed by atoms with van der Waals surface area (Å²) in [7, 11) is 0. The average Bonchev–Trinajstić information content (AvgIpc) is 2.99. The van der Waals surface area contributed by atoms with Crippen LogP contribution in [0.5, 0.6) is 0 Å². The van der Waals surface area contributed by atoms with E-state index in [1.807, 2.05) is 37.3 Å². The van der Waals surface area contributed by atoms with E-state index in [1.54, 1.807) is 6.20 Å². The molecule has 0 aliphatic heterocycles. The molecular formula is C21H28N4O3. The molecule has 150 valence electrons. The SMILES string of the molecule is CCN(CC(=O)O)C1CC(NC(=O)c2cnn(-c3cc(C)ccc3C)c2C)C1. The van der Waals surface area contributed by atoms with E-state index < -0.39 is 5.97 Å². The molecule has 0 bridgehead atoms. The van der Waals surface area contributed by atoms with E-state index in [0.717, 1.165) is 35.3 Å². The number of aryl methyl sites for hydroxylation is 2. The molecule has 1 aliphatic rings. The summed E-state index contributed by atoms with van der Waals surface area (Å²) in [5, 5.41) is 16.5. The van der Waals surface area contributed by atoms with Gasteiger partial charge in [-0.25, -0.2) is 4.68 Å². The fourth-order valence-electron chi connectivity index (χ4n) is 3.76. The molecule has 1 aliphatic carbocycles. The van der Waals surface area contributed by atoms with Crippen LogP contribution in [0.4, 0.5) is 0 Å². The van der Waals surface area contributed by atoms with Crippen molar-refractivity contribution in [1.29, 1.82) is 0 Å². The first-order valence-corrected chi connectivity index (χ1v) is 9.69. The molecule has 1 aromatic heterocycles. The fourth-order valence-corrected chi connectivity index (χ4v) is 3.76. The quantitative estimate of drug-likeness (QED) is 0.766. The van der Waals surface area contributed by atoms with Crippen molar-refractivity contribution in [3.05, 3.63) is 46.8 Å². The predicted octanol–water partition coefficient (Wildman–Crippen LogP) is 2.46. The van der Waals surface area contributed by atoms with Crippen molar-refractivity contribution in [2.24, 2.45) is 0 Å². The third-order valence-electron chi connectivity index (χ3n) is 5.56. The number of rotatable bonds is 7. The smallest absolute Gasteiger partial charge is 0.317 e. The Balaban J connectivity index is 1.65. The Kier molecular flexibility index (Phi) is 5.84. The van der Waals surface area contributed by atoms with Crippen molar-refractivity contribution in [2.45, 2.75) is 52.6 Å². The zero-order chi connectivity index (χ0) is 20.4. The number of carbonyl (C=O) groups is 2. The van der Waals surface area contributed by atoms with Crippen molar-refractivity contribution in [1.82, 2.24) is 20.0 Å². The number of hydrogen-bond acceptors (Lipinski definition) is 4. The van der Waals surface area contributed by atoms with Gasteiger partial charge in [0, 0.05) is 12.1 Å². The maximum Gasteiger partial charge on any atom is 0.317 e. The lowest BCUT2D eigenvalue weighted by atomic mass is 9.85. The zero-order valence-corrected chi connectivity index (χ0v) is 16.9. The van der Waals surface area contributed by atoms with Gasteiger partial charge < -0.3 is 10.4 Å². The summed E-state index contributed by atoms with van der Waals surface area (Å²) in [5.41, 5.74) is 4.60. The van der Waals surface area contributed by atoms with Gasteiger partial charge >= 0.3 is 5.97 Å². The van der Waals surface area contributed by atoms with Gasteiger partial charge in [-0.2, -0.15) is 5.10 Å². The second-order valence-corrected chi connectivity index (χ2v) is 7.60. The highest BCUT2D eigenvalue weighted by Gasteiger charge is 2.35. The van der Waals surface area contributed by atoms with Gasteiger partial charge in [-0.05, 0) is 57.4 Å². The number of benzene rings is 1. The van der Waals surface area contributed by atoms with E-state index in [0.29, 0.717) is 12.1 Å². The Morgan fingerprint density at radius 2 is 2.00 bits per heavy atom. The molecule has 7 nitrogen and oxygen atoms in total. The van der Waals surface area contributed by atoms with E-state index in [-0.39, 0.29) is 24.5 Å². The van der Waals surface area contributed by atoms with Crippen LogP contribution in [0, 0.1) is 20.8 Å². The molecule has 3 rings (SSSR count). The second-order valence-electron chi connectivity index (χ2n) is 7.60. The predicted molar refractivity (Wildman–Crippen MR) is 107 cm³/mol. The third kappa shape index (κ3) is 4.09. The molecule has 1 heterocycles. The minimum atomic E-state index is -0.816. The van der Waals surface area contributed by atoms with Gasteiger partial charge in [-0.15, -0.1) is 0 Å². The fraction of sp³-hybridized carbons (Fsp3) is 0.476. The maximum absolute atomic E-state index is 12.7. The third-order valence-corrected chi connectivity index (χ3v) is 5.56. The number of likely N-dealkylation sites (N-methyl/N-ethyl adjacent to an activating group) is 1. The minimum absolute atomic E-state index is 0.0452. The highest BCUT2D eigenvalue weighted by molar-refractivity contribution is 5.95. The van der Waals surface area contributed by atoms with Crippen molar-refractivity contribution in [2.75, 3.05) is 13.1 Å². The topological polar surface area (TPSA) is 87.5 Å². The van der Waals surface area contributed by atoms with Gasteiger partial charge in [-0.3, -0.25) is 14.5 Å². The number of carbonyl (C=O) groups excluding carboxylic acids is 1. The monoisotopic (exact) mass is 384 g/mol. The Labute approximate surface area is 165 Å². The largest absolute Gasteiger partial charge is 0.480 e. The van der Waals surface area contributed by atoms with Gasteiger partial charge in [0.2, 0.25) is 0 Å². The van der Waals surface area contributed by atoms with Crippen LogP contribution in [0.3, 0.4) is 0 Å². The molecule has 0 atom stereocenters. The Morgan fingerprint density at radius 3 is 2.64 bits per heavy atom. The number of aromatic nitrogens is 2. The minimum Gasteiger partial charge on any atom is -0.480 e. The highest BCUT2D eigenvalue weighted by Crippen LogP contribution is 2.26. The van der Waals surface area contributed by atoms with Gasteiger partial charge in [0.1, 0.15) is 0 Å². The Bertz CT molecular complexity index is 884. The Morgan fingerprint density at radius 1 is 1.29 bits per heavy atom. The number of amides is 1. The van der Waals surface area contributed by atoms with E-state index in [4.69, 9.17) is 5.11 Å². The normalized spacial score (nSPS) is 18.8. The number of aliphatic carboxylic acids is 1. The summed E-state index contributed by atoms with van der Waals surface area (Å²) in [4.78, 5) is 25.6. The van der Waals surface area contributed by atoms with E-state index in [1.165, 1.54) is 0 Å². The number of nitrogens with zero attached hydrogens (tertiary/aromatic N) is 3. The van der Waals surface area contributed by atoms with Crippen molar-refractivity contribution < 1.29 is 14.7 Å². The molecule has 1 amide bonds. The lowest BCUT2D eigenvalue weighted by molar-refractivity contribution is -0.139. The lowest BCUT2D eigenvalue weighted by Crippen LogP contribution is -2.54. The molecule has 1 fully saturated rings. The summed E-state index contributed by atoms with van der Waals surface area (Å²) < 4.78 is 1.81. The van der Waals surface area contributed by atoms with Crippen LogP contribution in [0.2, 0.25) is 0 Å². The average molecular weight is 384 g/mol. The zero-order valence-electron chi connectivity index (χ0n) is 16.9.